The second kappa shape index (κ2) is 9.56. The molecule has 0 aliphatic rings. The maximum Gasteiger partial charge on any atom is 0.252 e. The number of amides is 1. The SMILES string of the molecule is COc1ccc(-c2cc(C(=O)NCc3ccc(Cl)cc3)c3c(-c4ccc(F)cc4)[nH]nc3n2)cc1. The molecule has 2 aromatic heterocycles. The highest BCUT2D eigenvalue weighted by atomic mass is 35.5. The molecule has 0 bridgehead atoms. The number of H-pyrrole nitrogens is 1. The molecule has 5 aromatic rings. The topological polar surface area (TPSA) is 79.9 Å². The van der Waals surface area contributed by atoms with E-state index in [0.717, 1.165) is 11.1 Å². The van der Waals surface area contributed by atoms with Gasteiger partial charge in [0.05, 0.1) is 29.4 Å². The number of halogens is 2. The van der Waals surface area contributed by atoms with Gasteiger partial charge in [0.1, 0.15) is 11.6 Å². The lowest BCUT2D eigenvalue weighted by molar-refractivity contribution is 0.0952. The number of fused-ring (bicyclic) bond motifs is 1. The molecule has 0 saturated carbocycles. The molecule has 0 atom stereocenters. The number of methoxy groups -OCH3 is 1. The van der Waals surface area contributed by atoms with Crippen molar-refractivity contribution in [1.29, 1.82) is 0 Å². The Bertz CT molecular complexity index is 1500. The van der Waals surface area contributed by atoms with Crippen molar-refractivity contribution in [2.45, 2.75) is 6.54 Å². The van der Waals surface area contributed by atoms with Crippen LogP contribution in [-0.2, 0) is 6.54 Å². The van der Waals surface area contributed by atoms with E-state index in [4.69, 9.17) is 16.3 Å². The summed E-state index contributed by atoms with van der Waals surface area (Å²) in [4.78, 5) is 18.1. The first kappa shape index (κ1) is 22.6. The molecule has 35 heavy (non-hydrogen) atoms. The number of pyridine rings is 1. The minimum Gasteiger partial charge on any atom is -0.497 e. The Morgan fingerprint density at radius 2 is 1.69 bits per heavy atom. The first-order chi connectivity index (χ1) is 17.0. The van der Waals surface area contributed by atoms with Crippen LogP contribution in [0.4, 0.5) is 4.39 Å². The zero-order chi connectivity index (χ0) is 24.4. The Labute approximate surface area is 205 Å². The summed E-state index contributed by atoms with van der Waals surface area (Å²) in [5.74, 6) is 0.0828. The molecule has 0 aliphatic carbocycles. The Hall–Kier alpha value is -4.23. The van der Waals surface area contributed by atoms with Crippen molar-refractivity contribution in [3.63, 3.8) is 0 Å². The van der Waals surface area contributed by atoms with Gasteiger partial charge in [0.2, 0.25) is 0 Å². The third-order valence-corrected chi connectivity index (χ3v) is 5.91. The van der Waals surface area contributed by atoms with Crippen LogP contribution < -0.4 is 10.1 Å². The van der Waals surface area contributed by atoms with Gasteiger partial charge in [0, 0.05) is 22.7 Å². The Morgan fingerprint density at radius 1 is 1.00 bits per heavy atom. The van der Waals surface area contributed by atoms with Gasteiger partial charge in [-0.25, -0.2) is 9.37 Å². The molecule has 0 radical (unpaired) electrons. The fraction of sp³-hybridized carbons (Fsp3) is 0.0741. The number of carbonyl (C=O) groups excluding carboxylic acids is 1. The van der Waals surface area contributed by atoms with Crippen molar-refractivity contribution in [2.24, 2.45) is 0 Å². The summed E-state index contributed by atoms with van der Waals surface area (Å²) < 4.78 is 18.8. The van der Waals surface area contributed by atoms with Crippen LogP contribution in [0, 0.1) is 5.82 Å². The van der Waals surface area contributed by atoms with E-state index in [1.54, 1.807) is 37.4 Å². The van der Waals surface area contributed by atoms with Crippen LogP contribution in [0.2, 0.25) is 5.02 Å². The van der Waals surface area contributed by atoms with E-state index >= 15 is 0 Å². The van der Waals surface area contributed by atoms with Crippen LogP contribution in [0.15, 0.2) is 78.9 Å². The zero-order valence-corrected chi connectivity index (χ0v) is 19.4. The highest BCUT2D eigenvalue weighted by Crippen LogP contribution is 2.32. The van der Waals surface area contributed by atoms with E-state index < -0.39 is 0 Å². The molecule has 0 saturated heterocycles. The van der Waals surface area contributed by atoms with E-state index in [2.05, 4.69) is 20.5 Å². The molecule has 0 unspecified atom stereocenters. The molecule has 1 amide bonds. The molecular formula is C27H20ClFN4O2. The standard InChI is InChI=1S/C27H20ClFN4O2/c1-35-21-12-6-17(7-13-21)23-14-22(27(34)30-15-16-2-8-19(28)9-3-16)24-25(32-33-26(24)31-23)18-4-10-20(29)11-5-18/h2-14H,15H2,1H3,(H,30,34)(H,31,32,33). The number of aromatic amines is 1. The van der Waals surface area contributed by atoms with Crippen molar-refractivity contribution in [3.8, 4) is 28.3 Å². The quantitative estimate of drug-likeness (QED) is 0.307. The molecule has 8 heteroatoms. The monoisotopic (exact) mass is 486 g/mol. The maximum atomic E-state index is 13.5. The highest BCUT2D eigenvalue weighted by Gasteiger charge is 2.20. The number of carbonyl (C=O) groups is 1. The van der Waals surface area contributed by atoms with Gasteiger partial charge in [-0.3, -0.25) is 9.89 Å². The van der Waals surface area contributed by atoms with Crippen LogP contribution in [0.25, 0.3) is 33.5 Å². The van der Waals surface area contributed by atoms with Gasteiger partial charge in [-0.05, 0) is 72.3 Å². The number of hydrogen-bond acceptors (Lipinski definition) is 4. The third kappa shape index (κ3) is 4.72. The van der Waals surface area contributed by atoms with Gasteiger partial charge in [-0.2, -0.15) is 5.10 Å². The Morgan fingerprint density at radius 3 is 2.37 bits per heavy atom. The number of ether oxygens (including phenoxy) is 1. The molecule has 2 N–H and O–H groups in total. The van der Waals surface area contributed by atoms with Crippen molar-refractivity contribution < 1.29 is 13.9 Å². The van der Waals surface area contributed by atoms with E-state index in [0.29, 0.717) is 50.9 Å². The smallest absolute Gasteiger partial charge is 0.252 e. The van der Waals surface area contributed by atoms with Gasteiger partial charge >= 0.3 is 0 Å². The van der Waals surface area contributed by atoms with Gasteiger partial charge in [0.25, 0.3) is 5.91 Å². The minimum absolute atomic E-state index is 0.285. The summed E-state index contributed by atoms with van der Waals surface area (Å²) in [6, 6.07) is 22.4. The average molecular weight is 487 g/mol. The van der Waals surface area contributed by atoms with Gasteiger partial charge in [0.15, 0.2) is 5.65 Å². The molecule has 0 spiro atoms. The number of benzene rings is 3. The average Bonchev–Trinajstić information content (AvgIpc) is 3.32. The molecular weight excluding hydrogens is 467 g/mol. The number of aromatic nitrogens is 3. The summed E-state index contributed by atoms with van der Waals surface area (Å²) >= 11 is 5.97. The number of rotatable bonds is 6. The minimum atomic E-state index is -0.349. The molecule has 174 valence electrons. The van der Waals surface area contributed by atoms with E-state index in [1.807, 2.05) is 36.4 Å². The fourth-order valence-electron chi connectivity index (χ4n) is 3.82. The van der Waals surface area contributed by atoms with Crippen LogP contribution in [-0.4, -0.2) is 28.2 Å². The molecule has 3 aromatic carbocycles. The number of nitrogens with one attached hydrogen (secondary N) is 2. The molecule has 0 aliphatic heterocycles. The lowest BCUT2D eigenvalue weighted by Gasteiger charge is -2.10. The van der Waals surface area contributed by atoms with Crippen molar-refractivity contribution >= 4 is 28.5 Å². The van der Waals surface area contributed by atoms with E-state index in [9.17, 15) is 9.18 Å². The lowest BCUT2D eigenvalue weighted by Crippen LogP contribution is -2.23. The summed E-state index contributed by atoms with van der Waals surface area (Å²) in [6.45, 7) is 0.321. The predicted molar refractivity (Wildman–Crippen MR) is 134 cm³/mol. The summed E-state index contributed by atoms with van der Waals surface area (Å²) in [6.07, 6.45) is 0. The third-order valence-electron chi connectivity index (χ3n) is 5.65. The van der Waals surface area contributed by atoms with E-state index in [-0.39, 0.29) is 11.7 Å². The lowest BCUT2D eigenvalue weighted by atomic mass is 10.0. The first-order valence-electron chi connectivity index (χ1n) is 10.8. The van der Waals surface area contributed by atoms with Crippen molar-refractivity contribution in [1.82, 2.24) is 20.5 Å². The largest absolute Gasteiger partial charge is 0.497 e. The van der Waals surface area contributed by atoms with Crippen LogP contribution in [0.3, 0.4) is 0 Å². The number of nitrogens with zero attached hydrogens (tertiary/aromatic N) is 2. The maximum absolute atomic E-state index is 13.5. The van der Waals surface area contributed by atoms with Crippen LogP contribution in [0.1, 0.15) is 15.9 Å². The van der Waals surface area contributed by atoms with Gasteiger partial charge in [-0.15, -0.1) is 0 Å². The summed E-state index contributed by atoms with van der Waals surface area (Å²) in [7, 11) is 1.60. The van der Waals surface area contributed by atoms with Crippen molar-refractivity contribution in [2.75, 3.05) is 7.11 Å². The zero-order valence-electron chi connectivity index (χ0n) is 18.7. The summed E-state index contributed by atoms with van der Waals surface area (Å²) in [5, 5.41) is 11.5. The second-order valence-corrected chi connectivity index (χ2v) is 8.33. The molecule has 0 fully saturated rings. The first-order valence-corrected chi connectivity index (χ1v) is 11.2. The fourth-order valence-corrected chi connectivity index (χ4v) is 3.94. The summed E-state index contributed by atoms with van der Waals surface area (Å²) in [5.41, 5.74) is 4.39. The highest BCUT2D eigenvalue weighted by molar-refractivity contribution is 6.30. The Kier molecular flexibility index (Phi) is 6.16. The van der Waals surface area contributed by atoms with Gasteiger partial charge in [-0.1, -0.05) is 23.7 Å². The molecule has 2 heterocycles. The van der Waals surface area contributed by atoms with Crippen LogP contribution >= 0.6 is 11.6 Å². The van der Waals surface area contributed by atoms with Crippen molar-refractivity contribution in [3.05, 3.63) is 101 Å². The van der Waals surface area contributed by atoms with Gasteiger partial charge < -0.3 is 10.1 Å². The normalized spacial score (nSPS) is 10.9. The Balaban J connectivity index is 1.59. The predicted octanol–water partition coefficient (Wildman–Crippen LogP) is 6.02. The van der Waals surface area contributed by atoms with E-state index in [1.165, 1.54) is 12.1 Å². The number of hydrogen-bond donors (Lipinski definition) is 2. The second-order valence-electron chi connectivity index (χ2n) is 7.90. The van der Waals surface area contributed by atoms with Crippen LogP contribution in [0.5, 0.6) is 5.75 Å². The molecule has 6 nitrogen and oxygen atoms in total. The molecule has 5 rings (SSSR count).